The molecular formula is C13H19BrO3. The van der Waals surface area contributed by atoms with Crippen LogP contribution in [0.3, 0.4) is 0 Å². The second-order valence-electron chi connectivity index (χ2n) is 3.59. The molecule has 0 saturated carbocycles. The lowest BCUT2D eigenvalue weighted by Crippen LogP contribution is -2.01. The van der Waals surface area contributed by atoms with Crippen molar-refractivity contribution in [3.8, 4) is 17.2 Å². The van der Waals surface area contributed by atoms with Crippen molar-refractivity contribution in [2.45, 2.75) is 19.3 Å². The topological polar surface area (TPSA) is 27.7 Å². The molecule has 0 spiro atoms. The van der Waals surface area contributed by atoms with E-state index in [1.54, 1.807) is 14.2 Å². The van der Waals surface area contributed by atoms with Crippen LogP contribution in [-0.4, -0.2) is 26.2 Å². The Morgan fingerprint density at radius 1 is 1.00 bits per heavy atom. The number of hydrogen-bond acceptors (Lipinski definition) is 3. The highest BCUT2D eigenvalue weighted by Gasteiger charge is 2.10. The van der Waals surface area contributed by atoms with Crippen molar-refractivity contribution >= 4 is 15.9 Å². The molecule has 0 heterocycles. The summed E-state index contributed by atoms with van der Waals surface area (Å²) >= 11 is 3.41. The maximum absolute atomic E-state index is 5.73. The van der Waals surface area contributed by atoms with E-state index < -0.39 is 0 Å². The smallest absolute Gasteiger partial charge is 0.203 e. The number of rotatable bonds is 8. The first-order valence-corrected chi connectivity index (χ1v) is 6.85. The van der Waals surface area contributed by atoms with Crippen molar-refractivity contribution in [3.63, 3.8) is 0 Å². The SMILES string of the molecule is COc1cccc(OC)c1OCCCCCBr. The Bertz CT molecular complexity index is 306. The van der Waals surface area contributed by atoms with Gasteiger partial charge in [-0.05, 0) is 31.4 Å². The van der Waals surface area contributed by atoms with Crippen molar-refractivity contribution in [3.05, 3.63) is 18.2 Å². The number of ether oxygens (including phenoxy) is 3. The second kappa shape index (κ2) is 8.23. The fourth-order valence-corrected chi connectivity index (χ4v) is 1.90. The van der Waals surface area contributed by atoms with Crippen LogP contribution >= 0.6 is 15.9 Å². The molecule has 0 radical (unpaired) electrons. The van der Waals surface area contributed by atoms with E-state index >= 15 is 0 Å². The van der Waals surface area contributed by atoms with Crippen LogP contribution in [0, 0.1) is 0 Å². The van der Waals surface area contributed by atoms with Crippen LogP contribution in [-0.2, 0) is 0 Å². The molecule has 0 N–H and O–H groups in total. The summed E-state index contributed by atoms with van der Waals surface area (Å²) in [4.78, 5) is 0. The maximum atomic E-state index is 5.73. The number of unbranched alkanes of at least 4 members (excludes halogenated alkanes) is 2. The van der Waals surface area contributed by atoms with Gasteiger partial charge in [0.25, 0.3) is 0 Å². The summed E-state index contributed by atoms with van der Waals surface area (Å²) in [5.41, 5.74) is 0. The highest BCUT2D eigenvalue weighted by atomic mass is 79.9. The fourth-order valence-electron chi connectivity index (χ4n) is 1.51. The van der Waals surface area contributed by atoms with Gasteiger partial charge in [0.15, 0.2) is 11.5 Å². The molecule has 1 aromatic rings. The Hall–Kier alpha value is -0.900. The molecule has 0 aliphatic rings. The second-order valence-corrected chi connectivity index (χ2v) is 4.38. The van der Waals surface area contributed by atoms with Gasteiger partial charge >= 0.3 is 0 Å². The molecule has 0 unspecified atom stereocenters. The molecule has 0 fully saturated rings. The van der Waals surface area contributed by atoms with Gasteiger partial charge in [0.2, 0.25) is 5.75 Å². The third-order valence-corrected chi connectivity index (χ3v) is 2.97. The average Bonchev–Trinajstić information content (AvgIpc) is 2.38. The number of halogens is 1. The number of para-hydroxylation sites is 1. The lowest BCUT2D eigenvalue weighted by atomic mass is 10.2. The minimum atomic E-state index is 0.684. The van der Waals surface area contributed by atoms with Gasteiger partial charge < -0.3 is 14.2 Å². The van der Waals surface area contributed by atoms with Gasteiger partial charge in [0, 0.05) is 5.33 Å². The number of benzene rings is 1. The number of methoxy groups -OCH3 is 2. The lowest BCUT2D eigenvalue weighted by Gasteiger charge is -2.13. The summed E-state index contributed by atoms with van der Waals surface area (Å²) in [7, 11) is 3.26. The monoisotopic (exact) mass is 302 g/mol. The van der Waals surface area contributed by atoms with Crippen LogP contribution in [0.4, 0.5) is 0 Å². The van der Waals surface area contributed by atoms with Gasteiger partial charge in [-0.25, -0.2) is 0 Å². The maximum Gasteiger partial charge on any atom is 0.203 e. The van der Waals surface area contributed by atoms with Crippen LogP contribution in [0.25, 0.3) is 0 Å². The first-order chi connectivity index (χ1) is 8.33. The molecule has 0 atom stereocenters. The fraction of sp³-hybridized carbons (Fsp3) is 0.538. The highest BCUT2D eigenvalue weighted by molar-refractivity contribution is 9.09. The van der Waals surface area contributed by atoms with E-state index in [1.807, 2.05) is 18.2 Å². The standard InChI is InChI=1S/C13H19BrO3/c1-15-11-7-6-8-12(16-2)13(11)17-10-5-3-4-9-14/h6-8H,3-5,9-10H2,1-2H3. The molecule has 1 rings (SSSR count). The molecule has 0 aliphatic carbocycles. The predicted octanol–water partition coefficient (Wildman–Crippen LogP) is 3.65. The van der Waals surface area contributed by atoms with Crippen molar-refractivity contribution in [1.29, 1.82) is 0 Å². The molecule has 0 bridgehead atoms. The van der Waals surface area contributed by atoms with E-state index in [2.05, 4.69) is 15.9 Å². The van der Waals surface area contributed by atoms with E-state index in [1.165, 1.54) is 6.42 Å². The van der Waals surface area contributed by atoms with Gasteiger partial charge in [-0.1, -0.05) is 22.0 Å². The van der Waals surface area contributed by atoms with Gasteiger partial charge in [-0.2, -0.15) is 0 Å². The van der Waals surface area contributed by atoms with Crippen molar-refractivity contribution in [1.82, 2.24) is 0 Å². The van der Waals surface area contributed by atoms with Crippen molar-refractivity contribution < 1.29 is 14.2 Å². The molecule has 96 valence electrons. The Kier molecular flexibility index (Phi) is 6.86. The van der Waals surface area contributed by atoms with Crippen LogP contribution in [0.5, 0.6) is 17.2 Å². The zero-order valence-corrected chi connectivity index (χ0v) is 12.0. The molecule has 17 heavy (non-hydrogen) atoms. The zero-order valence-electron chi connectivity index (χ0n) is 10.4. The minimum absolute atomic E-state index is 0.684. The number of alkyl halides is 1. The van der Waals surface area contributed by atoms with Crippen LogP contribution in [0.15, 0.2) is 18.2 Å². The van der Waals surface area contributed by atoms with Gasteiger partial charge in [0.1, 0.15) is 0 Å². The van der Waals surface area contributed by atoms with Gasteiger partial charge in [-0.15, -0.1) is 0 Å². The van der Waals surface area contributed by atoms with E-state index in [4.69, 9.17) is 14.2 Å². The molecule has 0 aromatic heterocycles. The largest absolute Gasteiger partial charge is 0.493 e. The van der Waals surface area contributed by atoms with Crippen LogP contribution in [0.1, 0.15) is 19.3 Å². The van der Waals surface area contributed by atoms with E-state index in [9.17, 15) is 0 Å². The summed E-state index contributed by atoms with van der Waals surface area (Å²) in [6.07, 6.45) is 3.36. The third kappa shape index (κ3) is 4.46. The van der Waals surface area contributed by atoms with Crippen molar-refractivity contribution in [2.24, 2.45) is 0 Å². The van der Waals surface area contributed by atoms with E-state index in [0.29, 0.717) is 23.9 Å². The molecular weight excluding hydrogens is 284 g/mol. The van der Waals surface area contributed by atoms with Crippen molar-refractivity contribution in [2.75, 3.05) is 26.2 Å². The highest BCUT2D eigenvalue weighted by Crippen LogP contribution is 2.36. The van der Waals surface area contributed by atoms with Gasteiger partial charge in [-0.3, -0.25) is 0 Å². The summed E-state index contributed by atoms with van der Waals surface area (Å²) in [5, 5.41) is 1.05. The van der Waals surface area contributed by atoms with Crippen LogP contribution < -0.4 is 14.2 Å². The minimum Gasteiger partial charge on any atom is -0.493 e. The molecule has 1 aromatic carbocycles. The quantitative estimate of drug-likeness (QED) is 0.542. The molecule has 4 heteroatoms. The Labute approximate surface area is 111 Å². The summed E-state index contributed by atoms with van der Waals surface area (Å²) in [6, 6.07) is 5.63. The Morgan fingerprint density at radius 2 is 1.65 bits per heavy atom. The average molecular weight is 303 g/mol. The summed E-state index contributed by atoms with van der Waals surface area (Å²) < 4.78 is 16.2. The van der Waals surface area contributed by atoms with Crippen LogP contribution in [0.2, 0.25) is 0 Å². The summed E-state index contributed by atoms with van der Waals surface area (Å²) in [5.74, 6) is 2.12. The predicted molar refractivity (Wildman–Crippen MR) is 72.7 cm³/mol. The zero-order chi connectivity index (χ0) is 12.5. The molecule has 0 aliphatic heterocycles. The normalized spacial score (nSPS) is 10.1. The third-order valence-electron chi connectivity index (χ3n) is 2.41. The summed E-state index contributed by atoms with van der Waals surface area (Å²) in [6.45, 7) is 0.684. The first kappa shape index (κ1) is 14.2. The van der Waals surface area contributed by atoms with E-state index in [0.717, 1.165) is 18.2 Å². The molecule has 0 saturated heterocycles. The Morgan fingerprint density at radius 3 is 2.18 bits per heavy atom. The molecule has 0 amide bonds. The first-order valence-electron chi connectivity index (χ1n) is 5.73. The van der Waals surface area contributed by atoms with E-state index in [-0.39, 0.29) is 0 Å². The number of hydrogen-bond donors (Lipinski definition) is 0. The lowest BCUT2D eigenvalue weighted by molar-refractivity contribution is 0.268. The van der Waals surface area contributed by atoms with Gasteiger partial charge in [0.05, 0.1) is 20.8 Å². The Balaban J connectivity index is 2.55. The molecule has 3 nitrogen and oxygen atoms in total.